The number of aryl methyl sites for hydroxylation is 1. The van der Waals surface area contributed by atoms with Crippen LogP contribution >= 0.6 is 0 Å². The number of anilines is 1. The van der Waals surface area contributed by atoms with Gasteiger partial charge in [0.2, 0.25) is 0 Å². The topological polar surface area (TPSA) is 77.0 Å². The molecule has 148 valence electrons. The van der Waals surface area contributed by atoms with Crippen LogP contribution in [0.4, 0.5) is 19.0 Å². The Bertz CT molecular complexity index is 1020. The lowest BCUT2D eigenvalue weighted by molar-refractivity contribution is -0.144. The number of hydrogen-bond acceptors (Lipinski definition) is 6. The predicted molar refractivity (Wildman–Crippen MR) is 93.0 cm³/mol. The quantitative estimate of drug-likeness (QED) is 0.682. The molecule has 2 fully saturated rings. The summed E-state index contributed by atoms with van der Waals surface area (Å²) in [6, 6.07) is 2.25. The van der Waals surface area contributed by atoms with E-state index in [-0.39, 0.29) is 11.7 Å². The lowest BCUT2D eigenvalue weighted by Crippen LogP contribution is -2.36. The molecule has 1 saturated carbocycles. The fourth-order valence-corrected chi connectivity index (χ4v) is 3.89. The zero-order valence-electron chi connectivity index (χ0n) is 15.3. The van der Waals surface area contributed by atoms with Crippen LogP contribution in [0, 0.1) is 6.92 Å². The highest BCUT2D eigenvalue weighted by Crippen LogP contribution is 2.38. The van der Waals surface area contributed by atoms with Gasteiger partial charge in [-0.15, -0.1) is 15.3 Å². The molecule has 1 unspecified atom stereocenters. The zero-order valence-corrected chi connectivity index (χ0v) is 15.3. The highest BCUT2D eigenvalue weighted by molar-refractivity contribution is 5.48. The summed E-state index contributed by atoms with van der Waals surface area (Å²) in [4.78, 5) is 9.75. The van der Waals surface area contributed by atoms with E-state index in [0.717, 1.165) is 38.1 Å². The van der Waals surface area contributed by atoms with Crippen molar-refractivity contribution in [1.82, 2.24) is 34.3 Å². The molecule has 1 saturated heterocycles. The molecule has 5 rings (SSSR count). The zero-order chi connectivity index (χ0) is 19.5. The molecule has 0 aromatic carbocycles. The van der Waals surface area contributed by atoms with Crippen molar-refractivity contribution in [3.8, 4) is 0 Å². The molecule has 8 nitrogen and oxygen atoms in total. The van der Waals surface area contributed by atoms with E-state index < -0.39 is 12.0 Å². The average molecular weight is 392 g/mol. The maximum Gasteiger partial charge on any atom is 0.453 e. The lowest BCUT2D eigenvalue weighted by Gasteiger charge is -2.34. The summed E-state index contributed by atoms with van der Waals surface area (Å²) in [5.41, 5.74) is 0.604. The van der Waals surface area contributed by atoms with Gasteiger partial charge in [0.15, 0.2) is 0 Å². The van der Waals surface area contributed by atoms with Gasteiger partial charge in [0.05, 0.1) is 0 Å². The van der Waals surface area contributed by atoms with Gasteiger partial charge in [-0.3, -0.25) is 0 Å². The Morgan fingerprint density at radius 1 is 1.14 bits per heavy atom. The van der Waals surface area contributed by atoms with Gasteiger partial charge < -0.3 is 9.47 Å². The van der Waals surface area contributed by atoms with E-state index >= 15 is 0 Å². The molecule has 0 amide bonds. The third-order valence-electron chi connectivity index (χ3n) is 5.33. The van der Waals surface area contributed by atoms with Crippen LogP contribution in [-0.2, 0) is 6.18 Å². The van der Waals surface area contributed by atoms with Crippen LogP contribution in [0.1, 0.15) is 55.0 Å². The van der Waals surface area contributed by atoms with Gasteiger partial charge in [-0.1, -0.05) is 0 Å². The van der Waals surface area contributed by atoms with E-state index in [4.69, 9.17) is 0 Å². The van der Waals surface area contributed by atoms with Crippen LogP contribution in [0.15, 0.2) is 12.4 Å². The molecule has 3 aromatic heterocycles. The monoisotopic (exact) mass is 392 g/mol. The van der Waals surface area contributed by atoms with E-state index in [1.165, 1.54) is 4.52 Å². The smallest absolute Gasteiger partial charge is 0.356 e. The minimum Gasteiger partial charge on any atom is -0.356 e. The molecule has 1 aliphatic heterocycles. The van der Waals surface area contributed by atoms with Crippen molar-refractivity contribution in [2.75, 3.05) is 18.0 Å². The molecule has 4 heterocycles. The summed E-state index contributed by atoms with van der Waals surface area (Å²) in [6.07, 6.45) is 1.35. The van der Waals surface area contributed by atoms with Crippen molar-refractivity contribution < 1.29 is 13.2 Å². The number of alkyl halides is 3. The Morgan fingerprint density at radius 3 is 2.71 bits per heavy atom. The van der Waals surface area contributed by atoms with E-state index in [9.17, 15) is 13.2 Å². The van der Waals surface area contributed by atoms with Crippen molar-refractivity contribution in [3.05, 3.63) is 29.7 Å². The minimum absolute atomic E-state index is 0.0365. The molecule has 3 aromatic rings. The van der Waals surface area contributed by atoms with Crippen molar-refractivity contribution >= 4 is 11.6 Å². The summed E-state index contributed by atoms with van der Waals surface area (Å²) in [5.74, 6) is 0.502. The van der Waals surface area contributed by atoms with Gasteiger partial charge in [-0.05, 0) is 32.6 Å². The van der Waals surface area contributed by atoms with Crippen LogP contribution in [0.25, 0.3) is 5.78 Å². The first-order valence-corrected chi connectivity index (χ1v) is 9.36. The number of fused-ring (bicyclic) bond motifs is 1. The van der Waals surface area contributed by atoms with Gasteiger partial charge in [-0.25, -0.2) is 4.98 Å². The highest BCUT2D eigenvalue weighted by Gasteiger charge is 2.37. The average Bonchev–Trinajstić information content (AvgIpc) is 3.21. The Hall–Kier alpha value is -2.72. The van der Waals surface area contributed by atoms with Gasteiger partial charge >= 0.3 is 6.18 Å². The number of halogens is 3. The Labute approximate surface area is 158 Å². The summed E-state index contributed by atoms with van der Waals surface area (Å²) in [5, 5.41) is 12.1. The maximum atomic E-state index is 13.1. The molecular formula is C17H19F3N8. The van der Waals surface area contributed by atoms with Crippen LogP contribution < -0.4 is 4.90 Å². The van der Waals surface area contributed by atoms with Gasteiger partial charge in [0.1, 0.15) is 18.0 Å². The number of rotatable bonds is 3. The maximum absolute atomic E-state index is 13.1. The number of piperidine rings is 1. The van der Waals surface area contributed by atoms with Crippen LogP contribution in [0.5, 0.6) is 0 Å². The predicted octanol–water partition coefficient (Wildman–Crippen LogP) is 2.76. The molecule has 0 N–H and O–H groups in total. The van der Waals surface area contributed by atoms with Crippen molar-refractivity contribution in [1.29, 1.82) is 0 Å². The van der Waals surface area contributed by atoms with E-state index in [2.05, 4.69) is 34.7 Å². The van der Waals surface area contributed by atoms with Crippen LogP contribution in [-0.4, -0.2) is 47.4 Å². The first-order valence-electron chi connectivity index (χ1n) is 9.36. The second kappa shape index (κ2) is 6.14. The highest BCUT2D eigenvalue weighted by atomic mass is 19.4. The molecule has 0 spiro atoms. The van der Waals surface area contributed by atoms with Crippen LogP contribution in [0.3, 0.4) is 0 Å². The van der Waals surface area contributed by atoms with E-state index in [1.54, 1.807) is 19.3 Å². The normalized spacial score (nSPS) is 20.9. The number of nitrogens with zero attached hydrogens (tertiary/aromatic N) is 8. The van der Waals surface area contributed by atoms with Gasteiger partial charge in [0, 0.05) is 36.8 Å². The Balaban J connectivity index is 1.50. The molecule has 0 bridgehead atoms. The van der Waals surface area contributed by atoms with E-state index in [0.29, 0.717) is 24.1 Å². The second-order valence-corrected chi connectivity index (χ2v) is 7.51. The Kier molecular flexibility index (Phi) is 3.81. The van der Waals surface area contributed by atoms with Gasteiger partial charge in [0.25, 0.3) is 11.6 Å². The molecule has 1 aliphatic carbocycles. The SMILES string of the molecule is Cc1cc(N2CCCC(c3nncn3C3CC3)C2)n2nc(C(F)(F)F)nc2n1. The second-order valence-electron chi connectivity index (χ2n) is 7.51. The summed E-state index contributed by atoms with van der Waals surface area (Å²) in [6.45, 7) is 3.12. The minimum atomic E-state index is -4.61. The fourth-order valence-electron chi connectivity index (χ4n) is 3.89. The van der Waals surface area contributed by atoms with Gasteiger partial charge in [-0.2, -0.15) is 22.7 Å². The molecular weight excluding hydrogens is 373 g/mol. The van der Waals surface area contributed by atoms with Crippen molar-refractivity contribution in [2.45, 2.75) is 50.7 Å². The Morgan fingerprint density at radius 2 is 1.96 bits per heavy atom. The summed E-state index contributed by atoms with van der Waals surface area (Å²) in [7, 11) is 0. The lowest BCUT2D eigenvalue weighted by atomic mass is 9.97. The standard InChI is InChI=1S/C17H19F3N8/c1-10-7-13(28-16(22-10)23-15(25-28)17(18,19)20)26-6-2-3-11(8-26)14-24-21-9-27(14)12-4-5-12/h7,9,11-12H,2-6,8H2,1H3. The van der Waals surface area contributed by atoms with Crippen molar-refractivity contribution in [3.63, 3.8) is 0 Å². The fraction of sp³-hybridized carbons (Fsp3) is 0.588. The third kappa shape index (κ3) is 2.98. The largest absolute Gasteiger partial charge is 0.453 e. The molecule has 2 aliphatic rings. The molecule has 11 heteroatoms. The molecule has 0 radical (unpaired) electrons. The molecule has 1 atom stereocenters. The first kappa shape index (κ1) is 17.4. The summed E-state index contributed by atoms with van der Waals surface area (Å²) < 4.78 is 42.6. The third-order valence-corrected chi connectivity index (χ3v) is 5.33. The van der Waals surface area contributed by atoms with E-state index in [1.807, 2.05) is 0 Å². The first-order chi connectivity index (χ1) is 13.4. The number of hydrogen-bond donors (Lipinski definition) is 0. The summed E-state index contributed by atoms with van der Waals surface area (Å²) >= 11 is 0. The van der Waals surface area contributed by atoms with Crippen molar-refractivity contribution in [2.24, 2.45) is 0 Å². The van der Waals surface area contributed by atoms with Crippen LogP contribution in [0.2, 0.25) is 0 Å². The molecule has 28 heavy (non-hydrogen) atoms. The number of aromatic nitrogens is 7.